The molecular weight excluding hydrogens is 276 g/mol. The number of hydrogen-bond donors (Lipinski definition) is 2. The van der Waals surface area contributed by atoms with Gasteiger partial charge in [0.1, 0.15) is 0 Å². The lowest BCUT2D eigenvalue weighted by Gasteiger charge is -2.27. The first kappa shape index (κ1) is 13.2. The molecule has 1 saturated carbocycles. The summed E-state index contributed by atoms with van der Waals surface area (Å²) in [6, 6.07) is 3.09. The molecule has 2 heterocycles. The van der Waals surface area contributed by atoms with Crippen LogP contribution in [0.3, 0.4) is 0 Å². The zero-order valence-corrected chi connectivity index (χ0v) is 12.0. The molecule has 2 N–H and O–H groups in total. The number of amides is 2. The molecule has 0 aromatic carbocycles. The minimum atomic E-state index is -0.421. The van der Waals surface area contributed by atoms with Gasteiger partial charge in [0, 0.05) is 10.6 Å². The van der Waals surface area contributed by atoms with Crippen LogP contribution in [0.2, 0.25) is 0 Å². The normalized spacial score (nSPS) is 22.2. The van der Waals surface area contributed by atoms with Gasteiger partial charge in [-0.25, -0.2) is 9.59 Å². The molecule has 1 unspecified atom stereocenters. The van der Waals surface area contributed by atoms with Crippen molar-refractivity contribution in [3.63, 3.8) is 0 Å². The number of carbonyl (C=O) groups is 2. The molecule has 1 aromatic heterocycles. The molecule has 5 nitrogen and oxygen atoms in total. The van der Waals surface area contributed by atoms with Crippen LogP contribution in [0.4, 0.5) is 4.79 Å². The Labute approximate surface area is 121 Å². The van der Waals surface area contributed by atoms with Gasteiger partial charge in [0.15, 0.2) is 0 Å². The Morgan fingerprint density at radius 3 is 2.95 bits per heavy atom. The second kappa shape index (κ2) is 5.28. The molecule has 1 fully saturated rings. The maximum Gasteiger partial charge on any atom is 0.338 e. The molecule has 0 spiro atoms. The van der Waals surface area contributed by atoms with E-state index in [9.17, 15) is 9.59 Å². The van der Waals surface area contributed by atoms with Crippen LogP contribution in [0.5, 0.6) is 0 Å². The minimum Gasteiger partial charge on any atom is -0.462 e. The van der Waals surface area contributed by atoms with Crippen molar-refractivity contribution in [2.75, 3.05) is 6.61 Å². The maximum atomic E-state index is 12.3. The first-order valence-corrected chi connectivity index (χ1v) is 7.52. The summed E-state index contributed by atoms with van der Waals surface area (Å²) in [6.07, 6.45) is 2.27. The van der Waals surface area contributed by atoms with Gasteiger partial charge in [0.05, 0.1) is 18.2 Å². The summed E-state index contributed by atoms with van der Waals surface area (Å²) in [5.74, 6) is 0.173. The summed E-state index contributed by atoms with van der Waals surface area (Å²) in [5, 5.41) is 7.35. The highest BCUT2D eigenvalue weighted by Gasteiger charge is 2.33. The fourth-order valence-corrected chi connectivity index (χ4v) is 2.97. The van der Waals surface area contributed by atoms with Gasteiger partial charge < -0.3 is 15.4 Å². The molecule has 2 aliphatic rings. The van der Waals surface area contributed by atoms with Crippen molar-refractivity contribution in [1.29, 1.82) is 0 Å². The van der Waals surface area contributed by atoms with Crippen molar-refractivity contribution in [1.82, 2.24) is 10.6 Å². The summed E-state index contributed by atoms with van der Waals surface area (Å²) in [4.78, 5) is 24.8. The van der Waals surface area contributed by atoms with Crippen LogP contribution >= 0.6 is 11.3 Å². The van der Waals surface area contributed by atoms with E-state index in [0.29, 0.717) is 23.8 Å². The SMILES string of the molecule is CC1=C(C(=O)OCC2CC2)C(c2cccs2)NC(=O)N1. The molecule has 3 rings (SSSR count). The molecule has 0 bridgehead atoms. The van der Waals surface area contributed by atoms with Crippen molar-refractivity contribution in [2.45, 2.75) is 25.8 Å². The molecule has 1 aliphatic heterocycles. The topological polar surface area (TPSA) is 67.4 Å². The van der Waals surface area contributed by atoms with E-state index in [1.54, 1.807) is 6.92 Å². The Morgan fingerprint density at radius 1 is 1.50 bits per heavy atom. The highest BCUT2D eigenvalue weighted by molar-refractivity contribution is 7.10. The number of allylic oxidation sites excluding steroid dienone is 1. The van der Waals surface area contributed by atoms with Crippen LogP contribution in [0.1, 0.15) is 30.7 Å². The first-order valence-electron chi connectivity index (χ1n) is 6.64. The van der Waals surface area contributed by atoms with E-state index in [4.69, 9.17) is 4.74 Å². The molecule has 0 radical (unpaired) electrons. The number of urea groups is 1. The summed E-state index contributed by atoms with van der Waals surface area (Å²) in [6.45, 7) is 2.20. The van der Waals surface area contributed by atoms with Gasteiger partial charge in [-0.05, 0) is 37.1 Å². The predicted molar refractivity (Wildman–Crippen MR) is 75.1 cm³/mol. The molecule has 1 aliphatic carbocycles. The fraction of sp³-hybridized carbons (Fsp3) is 0.429. The van der Waals surface area contributed by atoms with E-state index in [1.807, 2.05) is 17.5 Å². The molecule has 1 aromatic rings. The van der Waals surface area contributed by atoms with E-state index in [1.165, 1.54) is 11.3 Å². The van der Waals surface area contributed by atoms with Crippen LogP contribution in [0, 0.1) is 5.92 Å². The highest BCUT2D eigenvalue weighted by atomic mass is 32.1. The largest absolute Gasteiger partial charge is 0.462 e. The number of rotatable bonds is 4. The number of ether oxygens (including phenoxy) is 1. The highest BCUT2D eigenvalue weighted by Crippen LogP contribution is 2.32. The molecule has 2 amide bonds. The zero-order chi connectivity index (χ0) is 14.1. The number of esters is 1. The van der Waals surface area contributed by atoms with E-state index >= 15 is 0 Å². The lowest BCUT2D eigenvalue weighted by Crippen LogP contribution is -2.45. The number of nitrogens with one attached hydrogen (secondary N) is 2. The molecular formula is C14H16N2O3S. The van der Waals surface area contributed by atoms with Gasteiger partial charge >= 0.3 is 12.0 Å². The van der Waals surface area contributed by atoms with Crippen LogP contribution in [0.25, 0.3) is 0 Å². The average Bonchev–Trinajstić information content (AvgIpc) is 3.07. The minimum absolute atomic E-state index is 0.292. The maximum absolute atomic E-state index is 12.3. The van der Waals surface area contributed by atoms with Gasteiger partial charge in [-0.1, -0.05) is 6.07 Å². The second-order valence-corrected chi connectivity index (χ2v) is 6.11. The molecule has 1 atom stereocenters. The van der Waals surface area contributed by atoms with E-state index < -0.39 is 6.04 Å². The lowest BCUT2D eigenvalue weighted by molar-refractivity contribution is -0.140. The molecule has 20 heavy (non-hydrogen) atoms. The quantitative estimate of drug-likeness (QED) is 0.837. The van der Waals surface area contributed by atoms with Gasteiger partial charge in [0.25, 0.3) is 0 Å². The molecule has 106 valence electrons. The lowest BCUT2D eigenvalue weighted by atomic mass is 10.0. The van der Waals surface area contributed by atoms with Crippen LogP contribution < -0.4 is 10.6 Å². The second-order valence-electron chi connectivity index (χ2n) is 5.13. The molecule has 0 saturated heterocycles. The van der Waals surface area contributed by atoms with Gasteiger partial charge in [0.2, 0.25) is 0 Å². The van der Waals surface area contributed by atoms with Crippen LogP contribution in [0.15, 0.2) is 28.8 Å². The Kier molecular flexibility index (Phi) is 3.48. The van der Waals surface area contributed by atoms with Crippen LogP contribution in [-0.4, -0.2) is 18.6 Å². The Balaban J connectivity index is 1.83. The van der Waals surface area contributed by atoms with E-state index in [2.05, 4.69) is 10.6 Å². The van der Waals surface area contributed by atoms with Crippen molar-refractivity contribution in [3.8, 4) is 0 Å². The third-order valence-corrected chi connectivity index (χ3v) is 4.40. The average molecular weight is 292 g/mol. The van der Waals surface area contributed by atoms with Crippen molar-refractivity contribution < 1.29 is 14.3 Å². The number of hydrogen-bond acceptors (Lipinski definition) is 4. The van der Waals surface area contributed by atoms with Crippen LogP contribution in [-0.2, 0) is 9.53 Å². The van der Waals surface area contributed by atoms with Gasteiger partial charge in [-0.3, -0.25) is 0 Å². The van der Waals surface area contributed by atoms with Gasteiger partial charge in [-0.2, -0.15) is 0 Å². The van der Waals surface area contributed by atoms with E-state index in [-0.39, 0.29) is 12.0 Å². The summed E-state index contributed by atoms with van der Waals surface area (Å²) in [7, 11) is 0. The Hall–Kier alpha value is -1.82. The van der Waals surface area contributed by atoms with Crippen molar-refractivity contribution >= 4 is 23.3 Å². The fourth-order valence-electron chi connectivity index (χ4n) is 2.19. The third-order valence-electron chi connectivity index (χ3n) is 3.46. The zero-order valence-electron chi connectivity index (χ0n) is 11.1. The summed E-state index contributed by atoms with van der Waals surface area (Å²) < 4.78 is 5.36. The predicted octanol–water partition coefficient (Wildman–Crippen LogP) is 2.33. The first-order chi connectivity index (χ1) is 9.65. The molecule has 6 heteroatoms. The van der Waals surface area contributed by atoms with Gasteiger partial charge in [-0.15, -0.1) is 11.3 Å². The summed E-state index contributed by atoms with van der Waals surface area (Å²) >= 11 is 1.51. The monoisotopic (exact) mass is 292 g/mol. The Bertz CT molecular complexity index is 561. The van der Waals surface area contributed by atoms with Crippen molar-refractivity contribution in [2.24, 2.45) is 5.92 Å². The summed E-state index contributed by atoms with van der Waals surface area (Å²) in [5.41, 5.74) is 1.06. The Morgan fingerprint density at radius 2 is 2.30 bits per heavy atom. The third kappa shape index (κ3) is 2.70. The van der Waals surface area contributed by atoms with Crippen molar-refractivity contribution in [3.05, 3.63) is 33.7 Å². The number of thiophene rings is 1. The van der Waals surface area contributed by atoms with E-state index in [0.717, 1.165) is 17.7 Å². The number of carbonyl (C=O) groups excluding carboxylic acids is 2. The standard InChI is InChI=1S/C14H16N2O3S/c1-8-11(13(17)19-7-9-4-5-9)12(16-14(18)15-8)10-3-2-6-20-10/h2-3,6,9,12H,4-5,7H2,1H3,(H2,15,16,18). The smallest absolute Gasteiger partial charge is 0.338 e.